The molecule has 3 aromatic rings. The quantitative estimate of drug-likeness (QED) is 0.705. The van der Waals surface area contributed by atoms with Crippen LogP contribution in [0.5, 0.6) is 0 Å². The van der Waals surface area contributed by atoms with E-state index in [1.807, 2.05) is 6.92 Å². The van der Waals surface area contributed by atoms with Crippen LogP contribution in [0.1, 0.15) is 5.76 Å². The zero-order valence-electron chi connectivity index (χ0n) is 10.2. The number of aromatic nitrogens is 3. The van der Waals surface area contributed by atoms with Gasteiger partial charge in [0.25, 0.3) is 0 Å². The van der Waals surface area contributed by atoms with Crippen LogP contribution in [-0.2, 0) is 0 Å². The summed E-state index contributed by atoms with van der Waals surface area (Å²) >= 11 is 0. The van der Waals surface area contributed by atoms with Gasteiger partial charge >= 0.3 is 0 Å². The molecule has 0 spiro atoms. The molecule has 0 aliphatic heterocycles. The zero-order valence-corrected chi connectivity index (χ0v) is 10.2. The molecule has 0 fully saturated rings. The Labute approximate surface area is 108 Å². The van der Waals surface area contributed by atoms with Gasteiger partial charge in [-0.05, 0) is 31.2 Å². The molecule has 3 rings (SSSR count). The molecule has 5 heteroatoms. The van der Waals surface area contributed by atoms with Crippen molar-refractivity contribution >= 4 is 0 Å². The largest absolute Gasteiger partial charge is 0.360 e. The van der Waals surface area contributed by atoms with Crippen LogP contribution >= 0.6 is 0 Å². The monoisotopic (exact) mass is 255 g/mol. The highest BCUT2D eigenvalue weighted by molar-refractivity contribution is 5.81. The Hall–Kier alpha value is -2.56. The minimum absolute atomic E-state index is 0.284. The van der Waals surface area contributed by atoms with E-state index >= 15 is 0 Å². The maximum absolute atomic E-state index is 13.0. The molecule has 0 aliphatic rings. The highest BCUT2D eigenvalue weighted by Crippen LogP contribution is 2.33. The standard InChI is InChI=1S/C14H10FN3O/c1-9-13(11-6-16-8-17-7-11)14(18-19-9)10-2-4-12(15)5-3-10/h2-8H,1H3. The summed E-state index contributed by atoms with van der Waals surface area (Å²) in [7, 11) is 0. The van der Waals surface area contributed by atoms with Crippen molar-refractivity contribution in [1.82, 2.24) is 15.1 Å². The molecular formula is C14H10FN3O. The minimum atomic E-state index is -0.284. The van der Waals surface area contributed by atoms with E-state index in [4.69, 9.17) is 4.52 Å². The van der Waals surface area contributed by atoms with Crippen molar-refractivity contribution in [2.24, 2.45) is 0 Å². The highest BCUT2D eigenvalue weighted by atomic mass is 19.1. The Morgan fingerprint density at radius 3 is 2.37 bits per heavy atom. The first-order chi connectivity index (χ1) is 9.25. The fourth-order valence-corrected chi connectivity index (χ4v) is 1.95. The summed E-state index contributed by atoms with van der Waals surface area (Å²) in [6.45, 7) is 1.82. The molecule has 0 atom stereocenters. The predicted octanol–water partition coefficient (Wildman–Crippen LogP) is 3.25. The molecule has 1 aromatic carbocycles. The summed E-state index contributed by atoms with van der Waals surface area (Å²) in [5.74, 6) is 0.391. The molecule has 0 amide bonds. The second kappa shape index (κ2) is 4.61. The highest BCUT2D eigenvalue weighted by Gasteiger charge is 2.16. The van der Waals surface area contributed by atoms with E-state index in [0.29, 0.717) is 11.5 Å². The maximum Gasteiger partial charge on any atom is 0.142 e. The van der Waals surface area contributed by atoms with Gasteiger partial charge in [-0.1, -0.05) is 5.16 Å². The number of nitrogens with zero attached hydrogens (tertiary/aromatic N) is 3. The van der Waals surface area contributed by atoms with Gasteiger partial charge in [-0.15, -0.1) is 0 Å². The molecule has 94 valence electrons. The maximum atomic E-state index is 13.0. The van der Waals surface area contributed by atoms with Crippen molar-refractivity contribution in [2.45, 2.75) is 6.92 Å². The summed E-state index contributed by atoms with van der Waals surface area (Å²) in [5, 5.41) is 4.04. The van der Waals surface area contributed by atoms with Crippen LogP contribution in [0.25, 0.3) is 22.4 Å². The van der Waals surface area contributed by atoms with E-state index in [1.165, 1.54) is 18.5 Å². The number of halogens is 1. The number of aryl methyl sites for hydroxylation is 1. The Balaban J connectivity index is 2.16. The SMILES string of the molecule is Cc1onc(-c2ccc(F)cc2)c1-c1cncnc1. The fourth-order valence-electron chi connectivity index (χ4n) is 1.95. The van der Waals surface area contributed by atoms with Gasteiger partial charge < -0.3 is 4.52 Å². The first-order valence-corrected chi connectivity index (χ1v) is 5.73. The Kier molecular flexibility index (Phi) is 2.79. The van der Waals surface area contributed by atoms with E-state index in [1.54, 1.807) is 24.5 Å². The van der Waals surface area contributed by atoms with E-state index in [9.17, 15) is 4.39 Å². The van der Waals surface area contributed by atoms with Crippen molar-refractivity contribution < 1.29 is 8.91 Å². The summed E-state index contributed by atoms with van der Waals surface area (Å²) in [4.78, 5) is 7.98. The van der Waals surface area contributed by atoms with Gasteiger partial charge in [-0.3, -0.25) is 0 Å². The third-order valence-electron chi connectivity index (χ3n) is 2.83. The van der Waals surface area contributed by atoms with Crippen LogP contribution in [0.4, 0.5) is 4.39 Å². The lowest BCUT2D eigenvalue weighted by Crippen LogP contribution is -1.86. The summed E-state index contributed by atoms with van der Waals surface area (Å²) < 4.78 is 18.2. The number of hydrogen-bond donors (Lipinski definition) is 0. The Bertz CT molecular complexity index is 692. The van der Waals surface area contributed by atoms with Crippen molar-refractivity contribution in [3.63, 3.8) is 0 Å². The third kappa shape index (κ3) is 2.10. The lowest BCUT2D eigenvalue weighted by molar-refractivity contribution is 0.400. The molecule has 2 heterocycles. The van der Waals surface area contributed by atoms with Crippen LogP contribution < -0.4 is 0 Å². The van der Waals surface area contributed by atoms with E-state index in [-0.39, 0.29) is 5.82 Å². The molecule has 0 radical (unpaired) electrons. The van der Waals surface area contributed by atoms with Gasteiger partial charge in [-0.2, -0.15) is 0 Å². The number of rotatable bonds is 2. The van der Waals surface area contributed by atoms with Crippen molar-refractivity contribution in [2.75, 3.05) is 0 Å². The van der Waals surface area contributed by atoms with Gasteiger partial charge in [-0.25, -0.2) is 14.4 Å². The molecule has 2 aromatic heterocycles. The van der Waals surface area contributed by atoms with Crippen LogP contribution in [-0.4, -0.2) is 15.1 Å². The molecule has 0 bridgehead atoms. The van der Waals surface area contributed by atoms with Gasteiger partial charge in [0.05, 0.1) is 5.56 Å². The van der Waals surface area contributed by atoms with Crippen molar-refractivity contribution in [1.29, 1.82) is 0 Å². The van der Waals surface area contributed by atoms with Gasteiger partial charge in [0.1, 0.15) is 23.6 Å². The van der Waals surface area contributed by atoms with Gasteiger partial charge in [0.2, 0.25) is 0 Å². The number of hydrogen-bond acceptors (Lipinski definition) is 4. The molecule has 0 unspecified atom stereocenters. The third-order valence-corrected chi connectivity index (χ3v) is 2.83. The second-order valence-corrected chi connectivity index (χ2v) is 4.10. The number of benzene rings is 1. The topological polar surface area (TPSA) is 51.8 Å². The smallest absolute Gasteiger partial charge is 0.142 e. The summed E-state index contributed by atoms with van der Waals surface area (Å²) in [6.07, 6.45) is 4.85. The van der Waals surface area contributed by atoms with E-state index < -0.39 is 0 Å². The molecule has 4 nitrogen and oxygen atoms in total. The van der Waals surface area contributed by atoms with Crippen LogP contribution in [0.3, 0.4) is 0 Å². The Morgan fingerprint density at radius 2 is 1.68 bits per heavy atom. The van der Waals surface area contributed by atoms with Gasteiger partial charge in [0.15, 0.2) is 0 Å². The molecular weight excluding hydrogens is 245 g/mol. The zero-order chi connectivity index (χ0) is 13.2. The summed E-state index contributed by atoms with van der Waals surface area (Å²) in [6, 6.07) is 6.12. The molecule has 19 heavy (non-hydrogen) atoms. The average molecular weight is 255 g/mol. The molecule has 0 N–H and O–H groups in total. The molecule has 0 saturated heterocycles. The van der Waals surface area contributed by atoms with Crippen molar-refractivity contribution in [3.05, 3.63) is 54.6 Å². The second-order valence-electron chi connectivity index (χ2n) is 4.10. The average Bonchev–Trinajstić information content (AvgIpc) is 2.82. The normalized spacial score (nSPS) is 10.6. The Morgan fingerprint density at radius 1 is 1.00 bits per heavy atom. The first-order valence-electron chi connectivity index (χ1n) is 5.73. The minimum Gasteiger partial charge on any atom is -0.360 e. The first kappa shape index (κ1) is 11.5. The van der Waals surface area contributed by atoms with Crippen LogP contribution in [0.15, 0.2) is 47.5 Å². The predicted molar refractivity (Wildman–Crippen MR) is 67.7 cm³/mol. The molecule has 0 saturated carbocycles. The van der Waals surface area contributed by atoms with Crippen molar-refractivity contribution in [3.8, 4) is 22.4 Å². The fraction of sp³-hybridized carbons (Fsp3) is 0.0714. The van der Waals surface area contributed by atoms with Gasteiger partial charge in [0, 0.05) is 23.5 Å². The van der Waals surface area contributed by atoms with Crippen LogP contribution in [0, 0.1) is 12.7 Å². The lowest BCUT2D eigenvalue weighted by Gasteiger charge is -2.02. The van der Waals surface area contributed by atoms with Crippen LogP contribution in [0.2, 0.25) is 0 Å². The lowest BCUT2D eigenvalue weighted by atomic mass is 10.0. The summed E-state index contributed by atoms with van der Waals surface area (Å²) in [5.41, 5.74) is 3.09. The van der Waals surface area contributed by atoms with E-state index in [2.05, 4.69) is 15.1 Å². The molecule has 0 aliphatic carbocycles. The van der Waals surface area contributed by atoms with E-state index in [0.717, 1.165) is 16.7 Å².